The molecule has 4 heteroatoms. The van der Waals surface area contributed by atoms with E-state index < -0.39 is 6.10 Å². The van der Waals surface area contributed by atoms with Gasteiger partial charge in [-0.15, -0.1) is 0 Å². The van der Waals surface area contributed by atoms with E-state index in [1.165, 1.54) is 14.2 Å². The van der Waals surface area contributed by atoms with Crippen LogP contribution in [0.15, 0.2) is 12.2 Å². The van der Waals surface area contributed by atoms with Crippen LogP contribution in [0.25, 0.3) is 0 Å². The molecule has 1 N–H and O–H groups in total. The highest BCUT2D eigenvalue weighted by molar-refractivity contribution is 5.75. The van der Waals surface area contributed by atoms with Crippen LogP contribution >= 0.6 is 0 Å². The molecule has 0 bridgehead atoms. The van der Waals surface area contributed by atoms with Gasteiger partial charge in [-0.2, -0.15) is 0 Å². The summed E-state index contributed by atoms with van der Waals surface area (Å²) in [6.45, 7) is 1.79. The smallest absolute Gasteiger partial charge is 0.248 e. The average Bonchev–Trinajstić information content (AvgIpc) is 2.03. The van der Waals surface area contributed by atoms with Crippen LogP contribution in [0, 0.1) is 0 Å². The van der Waals surface area contributed by atoms with Crippen LogP contribution < -0.4 is 0 Å². The van der Waals surface area contributed by atoms with Crippen molar-refractivity contribution in [1.29, 1.82) is 0 Å². The zero-order valence-corrected chi connectivity index (χ0v) is 7.65. The number of rotatable bonds is 4. The maximum Gasteiger partial charge on any atom is 0.248 e. The van der Waals surface area contributed by atoms with Crippen molar-refractivity contribution in [2.24, 2.45) is 0 Å². The minimum Gasteiger partial charge on any atom is -0.389 e. The Morgan fingerprint density at radius 3 is 2.75 bits per heavy atom. The number of nitrogens with zero attached hydrogens (tertiary/aromatic N) is 1. The largest absolute Gasteiger partial charge is 0.389 e. The van der Waals surface area contributed by atoms with Crippen molar-refractivity contribution in [1.82, 2.24) is 5.06 Å². The quantitative estimate of drug-likeness (QED) is 0.492. The molecule has 0 rings (SSSR count). The molecule has 0 radical (unpaired) electrons. The van der Waals surface area contributed by atoms with E-state index in [4.69, 9.17) is 0 Å². The normalized spacial score (nSPS) is 13.3. The number of amides is 1. The topological polar surface area (TPSA) is 49.8 Å². The van der Waals surface area contributed by atoms with Gasteiger partial charge in [0.1, 0.15) is 0 Å². The number of aliphatic hydroxyl groups excluding tert-OH is 1. The van der Waals surface area contributed by atoms with Gasteiger partial charge in [-0.25, -0.2) is 5.06 Å². The zero-order valence-electron chi connectivity index (χ0n) is 7.65. The van der Waals surface area contributed by atoms with E-state index in [1.807, 2.05) is 0 Å². The summed E-state index contributed by atoms with van der Waals surface area (Å²) in [6, 6.07) is 0. The predicted molar refractivity (Wildman–Crippen MR) is 45.2 cm³/mol. The van der Waals surface area contributed by atoms with E-state index in [-0.39, 0.29) is 12.3 Å². The van der Waals surface area contributed by atoms with Gasteiger partial charge in [-0.1, -0.05) is 12.2 Å². The molecule has 0 unspecified atom stereocenters. The van der Waals surface area contributed by atoms with Crippen LogP contribution in [-0.4, -0.2) is 36.3 Å². The SMILES string of the molecule is C/C=C/[C@H](O)CC(=O)N(C)OC. The Balaban J connectivity index is 3.83. The molecular weight excluding hydrogens is 158 g/mol. The summed E-state index contributed by atoms with van der Waals surface area (Å²) in [4.78, 5) is 15.7. The minimum absolute atomic E-state index is 0.0503. The van der Waals surface area contributed by atoms with E-state index >= 15 is 0 Å². The third-order valence-electron chi connectivity index (χ3n) is 1.42. The molecule has 4 nitrogen and oxygen atoms in total. The van der Waals surface area contributed by atoms with Gasteiger partial charge < -0.3 is 5.11 Å². The summed E-state index contributed by atoms with van der Waals surface area (Å²) in [5.74, 6) is -0.247. The summed E-state index contributed by atoms with van der Waals surface area (Å²) >= 11 is 0. The molecule has 0 fully saturated rings. The lowest BCUT2D eigenvalue weighted by Crippen LogP contribution is -2.28. The fourth-order valence-corrected chi connectivity index (χ4v) is 0.699. The maximum atomic E-state index is 11.1. The van der Waals surface area contributed by atoms with Crippen molar-refractivity contribution < 1.29 is 14.7 Å². The van der Waals surface area contributed by atoms with Crippen molar-refractivity contribution in [2.45, 2.75) is 19.4 Å². The van der Waals surface area contributed by atoms with Gasteiger partial charge >= 0.3 is 0 Å². The Labute approximate surface area is 72.4 Å². The van der Waals surface area contributed by atoms with E-state index in [2.05, 4.69) is 4.84 Å². The molecule has 0 aliphatic carbocycles. The molecule has 0 aromatic carbocycles. The first-order valence-corrected chi connectivity index (χ1v) is 3.73. The maximum absolute atomic E-state index is 11.1. The summed E-state index contributed by atoms with van der Waals surface area (Å²) in [7, 11) is 2.91. The molecule has 12 heavy (non-hydrogen) atoms. The highest BCUT2D eigenvalue weighted by Crippen LogP contribution is 1.98. The Morgan fingerprint density at radius 1 is 1.75 bits per heavy atom. The third kappa shape index (κ3) is 4.10. The molecule has 0 aliphatic rings. The summed E-state index contributed by atoms with van der Waals surface area (Å²) < 4.78 is 0. The van der Waals surface area contributed by atoms with Crippen molar-refractivity contribution >= 4 is 5.91 Å². The Morgan fingerprint density at radius 2 is 2.33 bits per heavy atom. The third-order valence-corrected chi connectivity index (χ3v) is 1.42. The Kier molecular flexibility index (Phi) is 5.32. The molecule has 1 atom stereocenters. The lowest BCUT2D eigenvalue weighted by Gasteiger charge is -2.14. The summed E-state index contributed by atoms with van der Waals surface area (Å²) in [5, 5.41) is 10.3. The molecule has 0 saturated heterocycles. The van der Waals surface area contributed by atoms with E-state index in [0.29, 0.717) is 0 Å². The number of allylic oxidation sites excluding steroid dienone is 1. The molecule has 1 amide bonds. The number of hydroxylamine groups is 2. The molecule has 0 aromatic rings. The van der Waals surface area contributed by atoms with Crippen LogP contribution in [0.4, 0.5) is 0 Å². The van der Waals surface area contributed by atoms with E-state index in [1.54, 1.807) is 19.1 Å². The Bertz CT molecular complexity index is 168. The second-order valence-corrected chi connectivity index (χ2v) is 2.37. The number of carbonyl (C=O) groups is 1. The zero-order chi connectivity index (χ0) is 9.56. The van der Waals surface area contributed by atoms with Gasteiger partial charge in [0.15, 0.2) is 0 Å². The minimum atomic E-state index is -0.722. The average molecular weight is 173 g/mol. The Hall–Kier alpha value is -0.870. The molecule has 0 spiro atoms. The van der Waals surface area contributed by atoms with Gasteiger partial charge in [-0.05, 0) is 6.92 Å². The lowest BCUT2D eigenvalue weighted by molar-refractivity contribution is -0.170. The van der Waals surface area contributed by atoms with Crippen LogP contribution in [0.5, 0.6) is 0 Å². The van der Waals surface area contributed by atoms with Crippen LogP contribution in [0.2, 0.25) is 0 Å². The number of hydrogen-bond donors (Lipinski definition) is 1. The number of carbonyl (C=O) groups excluding carboxylic acids is 1. The fraction of sp³-hybridized carbons (Fsp3) is 0.625. The standard InChI is InChI=1S/C8H15NO3/c1-4-5-7(10)6-8(11)9(2)12-3/h4-5,7,10H,6H2,1-3H3/b5-4+/t7-/m0/s1. The van der Waals surface area contributed by atoms with Crippen molar-refractivity contribution in [3.05, 3.63) is 12.2 Å². The first-order chi connectivity index (χ1) is 5.61. The van der Waals surface area contributed by atoms with E-state index in [0.717, 1.165) is 5.06 Å². The van der Waals surface area contributed by atoms with E-state index in [9.17, 15) is 9.90 Å². The second kappa shape index (κ2) is 5.74. The lowest BCUT2D eigenvalue weighted by atomic mass is 10.2. The molecule has 0 aromatic heterocycles. The molecule has 0 aliphatic heterocycles. The summed E-state index contributed by atoms with van der Waals surface area (Å²) in [6.07, 6.45) is 2.58. The second-order valence-electron chi connectivity index (χ2n) is 2.37. The van der Waals surface area contributed by atoms with Gasteiger partial charge in [0.05, 0.1) is 19.6 Å². The number of aliphatic hydroxyl groups is 1. The monoisotopic (exact) mass is 173 g/mol. The fourth-order valence-electron chi connectivity index (χ4n) is 0.699. The highest BCUT2D eigenvalue weighted by Gasteiger charge is 2.11. The van der Waals surface area contributed by atoms with Crippen molar-refractivity contribution in [2.75, 3.05) is 14.2 Å². The molecule has 0 heterocycles. The van der Waals surface area contributed by atoms with Crippen molar-refractivity contribution in [3.8, 4) is 0 Å². The van der Waals surface area contributed by atoms with Gasteiger partial charge in [0.2, 0.25) is 5.91 Å². The van der Waals surface area contributed by atoms with Crippen molar-refractivity contribution in [3.63, 3.8) is 0 Å². The predicted octanol–water partition coefficient (Wildman–Crippen LogP) is 0.333. The van der Waals surface area contributed by atoms with Gasteiger partial charge in [0, 0.05) is 7.05 Å². The molecule has 70 valence electrons. The summed E-state index contributed by atoms with van der Waals surface area (Å²) in [5.41, 5.74) is 0. The van der Waals surface area contributed by atoms with Crippen LogP contribution in [0.3, 0.4) is 0 Å². The molecular formula is C8H15NO3. The first kappa shape index (κ1) is 11.1. The van der Waals surface area contributed by atoms with Crippen LogP contribution in [-0.2, 0) is 9.63 Å². The first-order valence-electron chi connectivity index (χ1n) is 3.73. The van der Waals surface area contributed by atoms with Gasteiger partial charge in [-0.3, -0.25) is 9.63 Å². The number of hydrogen-bond acceptors (Lipinski definition) is 3. The highest BCUT2D eigenvalue weighted by atomic mass is 16.7. The molecule has 0 saturated carbocycles. The van der Waals surface area contributed by atoms with Gasteiger partial charge in [0.25, 0.3) is 0 Å². The van der Waals surface area contributed by atoms with Crippen LogP contribution in [0.1, 0.15) is 13.3 Å².